The van der Waals surface area contributed by atoms with Crippen molar-refractivity contribution in [2.75, 3.05) is 5.32 Å². The smallest absolute Gasteiger partial charge is 0.255 e. The van der Waals surface area contributed by atoms with Crippen molar-refractivity contribution in [1.82, 2.24) is 9.78 Å². The van der Waals surface area contributed by atoms with Gasteiger partial charge in [0.25, 0.3) is 5.91 Å². The number of nitrogens with zero attached hydrogens (tertiary/aromatic N) is 2. The SMILES string of the molecule is NC(=O)c1ccc(NC(=O)c2ccc(-n3cc(Br)cn3)cc2)cc1Cl. The van der Waals surface area contributed by atoms with Crippen LogP contribution in [0.1, 0.15) is 20.7 Å². The van der Waals surface area contributed by atoms with E-state index in [1.807, 2.05) is 6.20 Å². The second kappa shape index (κ2) is 7.08. The van der Waals surface area contributed by atoms with Crippen molar-refractivity contribution in [3.8, 4) is 5.69 Å². The number of amides is 2. The molecule has 2 aromatic carbocycles. The number of carbonyl (C=O) groups is 2. The van der Waals surface area contributed by atoms with E-state index in [-0.39, 0.29) is 16.5 Å². The molecule has 0 aliphatic heterocycles. The topological polar surface area (TPSA) is 90.0 Å². The number of nitrogens with one attached hydrogen (secondary N) is 1. The van der Waals surface area contributed by atoms with Crippen molar-refractivity contribution < 1.29 is 9.59 Å². The van der Waals surface area contributed by atoms with Crippen LogP contribution in [0.4, 0.5) is 5.69 Å². The summed E-state index contributed by atoms with van der Waals surface area (Å²) in [6.45, 7) is 0. The lowest BCUT2D eigenvalue weighted by molar-refractivity contribution is 0.0998. The average Bonchev–Trinajstić information content (AvgIpc) is 3.01. The van der Waals surface area contributed by atoms with Crippen LogP contribution in [0.25, 0.3) is 5.69 Å². The maximum atomic E-state index is 12.3. The molecule has 3 N–H and O–H groups in total. The van der Waals surface area contributed by atoms with E-state index in [1.165, 1.54) is 12.1 Å². The molecule has 0 saturated carbocycles. The van der Waals surface area contributed by atoms with Crippen LogP contribution >= 0.6 is 27.5 Å². The van der Waals surface area contributed by atoms with Crippen LogP contribution in [0.5, 0.6) is 0 Å². The van der Waals surface area contributed by atoms with Crippen LogP contribution in [-0.2, 0) is 0 Å². The molecule has 0 saturated heterocycles. The molecule has 1 aromatic heterocycles. The number of carbonyl (C=O) groups excluding carboxylic acids is 2. The molecule has 0 radical (unpaired) electrons. The van der Waals surface area contributed by atoms with Crippen molar-refractivity contribution in [2.45, 2.75) is 0 Å². The minimum absolute atomic E-state index is 0.185. The highest BCUT2D eigenvalue weighted by molar-refractivity contribution is 9.10. The summed E-state index contributed by atoms with van der Waals surface area (Å²) in [6, 6.07) is 11.5. The number of nitrogens with two attached hydrogens (primary N) is 1. The van der Waals surface area contributed by atoms with E-state index in [1.54, 1.807) is 41.2 Å². The third kappa shape index (κ3) is 3.89. The third-order valence-electron chi connectivity index (χ3n) is 3.44. The zero-order chi connectivity index (χ0) is 18.0. The molecular weight excluding hydrogens is 408 g/mol. The predicted octanol–water partition coefficient (Wildman–Crippen LogP) is 3.64. The average molecular weight is 420 g/mol. The summed E-state index contributed by atoms with van der Waals surface area (Å²) in [5, 5.41) is 7.09. The van der Waals surface area contributed by atoms with Crippen LogP contribution in [-0.4, -0.2) is 21.6 Å². The molecule has 0 bridgehead atoms. The number of anilines is 1. The highest BCUT2D eigenvalue weighted by atomic mass is 79.9. The lowest BCUT2D eigenvalue weighted by atomic mass is 10.1. The van der Waals surface area contributed by atoms with Gasteiger partial charge in [-0.15, -0.1) is 0 Å². The molecule has 0 atom stereocenters. The zero-order valence-corrected chi connectivity index (χ0v) is 15.1. The maximum Gasteiger partial charge on any atom is 0.255 e. The monoisotopic (exact) mass is 418 g/mol. The Morgan fingerprint density at radius 1 is 1.16 bits per heavy atom. The van der Waals surface area contributed by atoms with Gasteiger partial charge in [-0.1, -0.05) is 11.6 Å². The van der Waals surface area contributed by atoms with Gasteiger partial charge in [-0.3, -0.25) is 9.59 Å². The maximum absolute atomic E-state index is 12.3. The molecule has 3 aromatic rings. The molecule has 0 aliphatic carbocycles. The summed E-state index contributed by atoms with van der Waals surface area (Å²) in [4.78, 5) is 23.5. The minimum atomic E-state index is -0.622. The molecule has 0 unspecified atom stereocenters. The Kier molecular flexibility index (Phi) is 4.87. The van der Waals surface area contributed by atoms with Crippen LogP contribution in [0.3, 0.4) is 0 Å². The molecule has 0 spiro atoms. The van der Waals surface area contributed by atoms with Gasteiger partial charge < -0.3 is 11.1 Å². The van der Waals surface area contributed by atoms with Crippen LogP contribution in [0, 0.1) is 0 Å². The standard InChI is InChI=1S/C17H12BrClN4O2/c18-11-8-21-23(9-11)13-4-1-10(2-5-13)17(25)22-12-3-6-14(16(20)24)15(19)7-12/h1-9H,(H2,20,24)(H,22,25). The summed E-state index contributed by atoms with van der Waals surface area (Å²) in [5.74, 6) is -0.917. The van der Waals surface area contributed by atoms with Crippen molar-refractivity contribution in [3.05, 3.63) is 75.5 Å². The van der Waals surface area contributed by atoms with E-state index >= 15 is 0 Å². The molecule has 0 fully saturated rings. The van der Waals surface area contributed by atoms with Gasteiger partial charge >= 0.3 is 0 Å². The second-order valence-electron chi connectivity index (χ2n) is 5.16. The first-order valence-corrected chi connectivity index (χ1v) is 8.32. The van der Waals surface area contributed by atoms with Crippen molar-refractivity contribution in [3.63, 3.8) is 0 Å². The second-order valence-corrected chi connectivity index (χ2v) is 6.49. The van der Waals surface area contributed by atoms with E-state index in [4.69, 9.17) is 17.3 Å². The van der Waals surface area contributed by atoms with Gasteiger partial charge in [0.15, 0.2) is 0 Å². The van der Waals surface area contributed by atoms with Gasteiger partial charge in [0.2, 0.25) is 5.91 Å². The molecule has 8 heteroatoms. The van der Waals surface area contributed by atoms with Crippen molar-refractivity contribution in [2.24, 2.45) is 5.73 Å². The number of halogens is 2. The first kappa shape index (κ1) is 17.2. The van der Waals surface area contributed by atoms with E-state index in [9.17, 15) is 9.59 Å². The molecule has 25 heavy (non-hydrogen) atoms. The number of primary amides is 1. The Morgan fingerprint density at radius 2 is 1.88 bits per heavy atom. The molecular formula is C17H12BrClN4O2. The molecule has 0 aliphatic rings. The molecule has 1 heterocycles. The number of rotatable bonds is 4. The Bertz CT molecular complexity index is 954. The van der Waals surface area contributed by atoms with E-state index in [2.05, 4.69) is 26.3 Å². The Morgan fingerprint density at radius 3 is 2.44 bits per heavy atom. The fourth-order valence-electron chi connectivity index (χ4n) is 2.20. The van der Waals surface area contributed by atoms with Crippen LogP contribution in [0.2, 0.25) is 5.02 Å². The van der Waals surface area contributed by atoms with Gasteiger partial charge in [0.1, 0.15) is 0 Å². The summed E-state index contributed by atoms with van der Waals surface area (Å²) in [5.41, 5.74) is 7.18. The van der Waals surface area contributed by atoms with E-state index < -0.39 is 5.91 Å². The number of benzene rings is 2. The quantitative estimate of drug-likeness (QED) is 0.676. The zero-order valence-electron chi connectivity index (χ0n) is 12.7. The summed E-state index contributed by atoms with van der Waals surface area (Å²) in [7, 11) is 0. The Hall–Kier alpha value is -2.64. The van der Waals surface area contributed by atoms with E-state index in [0.717, 1.165) is 10.2 Å². The fraction of sp³-hybridized carbons (Fsp3) is 0. The first-order valence-electron chi connectivity index (χ1n) is 7.15. The molecule has 3 rings (SSSR count). The van der Waals surface area contributed by atoms with Crippen LogP contribution in [0.15, 0.2) is 59.3 Å². The van der Waals surface area contributed by atoms with Gasteiger partial charge in [-0.25, -0.2) is 4.68 Å². The Balaban J connectivity index is 1.75. The fourth-order valence-corrected chi connectivity index (χ4v) is 2.76. The minimum Gasteiger partial charge on any atom is -0.366 e. The largest absolute Gasteiger partial charge is 0.366 e. The lowest BCUT2D eigenvalue weighted by Gasteiger charge is -2.08. The van der Waals surface area contributed by atoms with Crippen LogP contribution < -0.4 is 11.1 Å². The summed E-state index contributed by atoms with van der Waals surface area (Å²) >= 11 is 9.32. The highest BCUT2D eigenvalue weighted by Gasteiger charge is 2.10. The van der Waals surface area contributed by atoms with Crippen molar-refractivity contribution in [1.29, 1.82) is 0 Å². The van der Waals surface area contributed by atoms with Gasteiger partial charge in [0, 0.05) is 17.4 Å². The summed E-state index contributed by atoms with van der Waals surface area (Å²) < 4.78 is 2.55. The normalized spacial score (nSPS) is 10.5. The third-order valence-corrected chi connectivity index (χ3v) is 4.16. The summed E-state index contributed by atoms with van der Waals surface area (Å²) in [6.07, 6.45) is 3.50. The first-order chi connectivity index (χ1) is 11.9. The van der Waals surface area contributed by atoms with Gasteiger partial charge in [-0.2, -0.15) is 5.10 Å². The van der Waals surface area contributed by atoms with E-state index in [0.29, 0.717) is 11.3 Å². The van der Waals surface area contributed by atoms with Gasteiger partial charge in [0.05, 0.1) is 26.9 Å². The number of hydrogen-bond donors (Lipinski definition) is 2. The number of hydrogen-bond acceptors (Lipinski definition) is 3. The number of aromatic nitrogens is 2. The molecule has 126 valence electrons. The highest BCUT2D eigenvalue weighted by Crippen LogP contribution is 2.21. The molecule has 2 amide bonds. The predicted molar refractivity (Wildman–Crippen MR) is 99.2 cm³/mol. The van der Waals surface area contributed by atoms with Crippen molar-refractivity contribution >= 4 is 45.0 Å². The lowest BCUT2D eigenvalue weighted by Crippen LogP contribution is -2.14. The molecule has 6 nitrogen and oxygen atoms in total. The van der Waals surface area contributed by atoms with Gasteiger partial charge in [-0.05, 0) is 58.4 Å². The Labute approximate surface area is 156 Å².